The zero-order chi connectivity index (χ0) is 21.4. The van der Waals surface area contributed by atoms with Gasteiger partial charge in [0.2, 0.25) is 0 Å². The molecular formula is C19H31N3O6. The second-order valence-corrected chi connectivity index (χ2v) is 7.52. The third kappa shape index (κ3) is 7.30. The zero-order valence-electron chi connectivity index (χ0n) is 17.4. The van der Waals surface area contributed by atoms with E-state index in [9.17, 15) is 14.4 Å². The Labute approximate surface area is 165 Å². The molecule has 1 aromatic heterocycles. The summed E-state index contributed by atoms with van der Waals surface area (Å²) in [6.45, 7) is 10.4. The van der Waals surface area contributed by atoms with Crippen LogP contribution in [0.1, 0.15) is 41.5 Å². The summed E-state index contributed by atoms with van der Waals surface area (Å²) in [6, 6.07) is 1.47. The van der Waals surface area contributed by atoms with Crippen molar-refractivity contribution in [2.45, 2.75) is 60.5 Å². The summed E-state index contributed by atoms with van der Waals surface area (Å²) in [7, 11) is 0. The van der Waals surface area contributed by atoms with Gasteiger partial charge in [0.25, 0.3) is 0 Å². The van der Waals surface area contributed by atoms with E-state index in [4.69, 9.17) is 19.9 Å². The Kier molecular flexibility index (Phi) is 9.11. The van der Waals surface area contributed by atoms with Crippen LogP contribution in [0.5, 0.6) is 0 Å². The normalized spacial score (nSPS) is 13.6. The minimum absolute atomic E-state index is 0.105. The van der Waals surface area contributed by atoms with Crippen LogP contribution in [0.3, 0.4) is 0 Å². The lowest BCUT2D eigenvalue weighted by Crippen LogP contribution is -2.43. The van der Waals surface area contributed by atoms with Crippen molar-refractivity contribution >= 4 is 17.8 Å². The molecule has 0 spiro atoms. The fraction of sp³-hybridized carbons (Fsp3) is 0.684. The molecule has 0 aliphatic heterocycles. The second kappa shape index (κ2) is 10.8. The second-order valence-electron chi connectivity index (χ2n) is 7.52. The van der Waals surface area contributed by atoms with Crippen molar-refractivity contribution in [3.8, 4) is 0 Å². The molecule has 158 valence electrons. The molecule has 0 aliphatic carbocycles. The molecule has 28 heavy (non-hydrogen) atoms. The number of nitrogen functional groups attached to an aromatic ring is 1. The molecule has 2 N–H and O–H groups in total. The summed E-state index contributed by atoms with van der Waals surface area (Å²) in [5.74, 6) is -1.39. The number of nitrogens with two attached hydrogens (primary N) is 1. The van der Waals surface area contributed by atoms with Gasteiger partial charge in [-0.15, -0.1) is 0 Å². The quantitative estimate of drug-likeness (QED) is 0.591. The summed E-state index contributed by atoms with van der Waals surface area (Å²) in [5, 5.41) is 0. The number of carbonyl (C=O) groups excluding carboxylic acids is 2. The smallest absolute Gasteiger partial charge is 0.351 e. The summed E-state index contributed by atoms with van der Waals surface area (Å²) in [5.41, 5.74) is 4.91. The van der Waals surface area contributed by atoms with Gasteiger partial charge in [-0.3, -0.25) is 14.2 Å². The Hall–Kier alpha value is -2.42. The molecule has 9 heteroatoms. The van der Waals surface area contributed by atoms with Gasteiger partial charge >= 0.3 is 17.6 Å². The number of hydrogen-bond donors (Lipinski definition) is 1. The number of nitrogens with zero attached hydrogens (tertiary/aromatic N) is 2. The third-order valence-corrected chi connectivity index (χ3v) is 3.93. The lowest BCUT2D eigenvalue weighted by molar-refractivity contribution is -0.177. The van der Waals surface area contributed by atoms with Crippen LogP contribution >= 0.6 is 0 Å². The Morgan fingerprint density at radius 1 is 1.11 bits per heavy atom. The minimum Gasteiger partial charge on any atom is -0.463 e. The fourth-order valence-electron chi connectivity index (χ4n) is 2.20. The van der Waals surface area contributed by atoms with Gasteiger partial charge in [-0.25, -0.2) is 4.79 Å². The molecule has 1 heterocycles. The van der Waals surface area contributed by atoms with Crippen LogP contribution in [0.2, 0.25) is 0 Å². The van der Waals surface area contributed by atoms with Crippen molar-refractivity contribution in [1.82, 2.24) is 9.55 Å². The average molecular weight is 397 g/mol. The van der Waals surface area contributed by atoms with Crippen molar-refractivity contribution in [2.75, 3.05) is 12.3 Å². The topological polar surface area (TPSA) is 123 Å². The first kappa shape index (κ1) is 23.6. The van der Waals surface area contributed by atoms with Crippen molar-refractivity contribution in [1.29, 1.82) is 0 Å². The van der Waals surface area contributed by atoms with Crippen LogP contribution in [0.25, 0.3) is 0 Å². The average Bonchev–Trinajstić information content (AvgIpc) is 2.60. The van der Waals surface area contributed by atoms with Crippen LogP contribution < -0.4 is 11.4 Å². The van der Waals surface area contributed by atoms with E-state index in [1.807, 2.05) is 13.8 Å². The molecule has 0 bridgehead atoms. The lowest BCUT2D eigenvalue weighted by atomic mass is 10.0. The fourth-order valence-corrected chi connectivity index (χ4v) is 2.20. The highest BCUT2D eigenvalue weighted by Crippen LogP contribution is 2.18. The molecule has 0 aliphatic rings. The number of rotatable bonds is 10. The van der Waals surface area contributed by atoms with Crippen molar-refractivity contribution in [3.05, 3.63) is 22.7 Å². The number of hydrogen-bond acceptors (Lipinski definition) is 8. The monoisotopic (exact) mass is 397 g/mol. The van der Waals surface area contributed by atoms with E-state index < -0.39 is 23.9 Å². The van der Waals surface area contributed by atoms with E-state index in [0.29, 0.717) is 0 Å². The molecule has 1 rings (SSSR count). The summed E-state index contributed by atoms with van der Waals surface area (Å²) in [6.07, 6.45) is 0.0361. The SMILES string of the molecule is CC(C)C(=O)OC[C@@H](OCn1ccc(N)nc1=O)C(OC(=O)C(C)C)C(C)C. The van der Waals surface area contributed by atoms with Gasteiger partial charge in [0, 0.05) is 6.20 Å². The standard InChI is InChI=1S/C19H31N3O6/c1-11(2)16(28-18(24)13(5)6)14(9-26-17(23)12(3)4)27-10-22-8-7-15(20)21-19(22)25/h7-8,11-14,16H,9-10H2,1-6H3,(H2,20,21,25)/t14-,16?/m1/s1. The van der Waals surface area contributed by atoms with Crippen molar-refractivity contribution in [2.24, 2.45) is 17.8 Å². The van der Waals surface area contributed by atoms with Crippen LogP contribution in [0.15, 0.2) is 17.1 Å². The Morgan fingerprint density at radius 3 is 2.21 bits per heavy atom. The molecule has 2 atom stereocenters. The number of ether oxygens (including phenoxy) is 3. The molecule has 0 radical (unpaired) electrons. The van der Waals surface area contributed by atoms with E-state index in [1.54, 1.807) is 27.7 Å². The highest BCUT2D eigenvalue weighted by molar-refractivity contribution is 5.72. The number of anilines is 1. The summed E-state index contributed by atoms with van der Waals surface area (Å²) >= 11 is 0. The van der Waals surface area contributed by atoms with Gasteiger partial charge in [-0.2, -0.15) is 4.98 Å². The predicted octanol–water partition coefficient (Wildman–Crippen LogP) is 1.59. The molecule has 0 fully saturated rings. The van der Waals surface area contributed by atoms with E-state index in [-0.39, 0.29) is 42.9 Å². The number of carbonyl (C=O) groups is 2. The number of aromatic nitrogens is 2. The van der Waals surface area contributed by atoms with Crippen molar-refractivity contribution < 1.29 is 23.8 Å². The molecule has 1 unspecified atom stereocenters. The maximum atomic E-state index is 12.1. The summed E-state index contributed by atoms with van der Waals surface area (Å²) in [4.78, 5) is 39.5. The van der Waals surface area contributed by atoms with E-state index in [0.717, 1.165) is 0 Å². The van der Waals surface area contributed by atoms with Crippen LogP contribution in [0, 0.1) is 17.8 Å². The van der Waals surface area contributed by atoms with Crippen LogP contribution in [-0.4, -0.2) is 40.3 Å². The van der Waals surface area contributed by atoms with Crippen LogP contribution in [0.4, 0.5) is 5.82 Å². The van der Waals surface area contributed by atoms with E-state index >= 15 is 0 Å². The summed E-state index contributed by atoms with van der Waals surface area (Å²) < 4.78 is 17.9. The van der Waals surface area contributed by atoms with Crippen LogP contribution in [-0.2, 0) is 30.5 Å². The van der Waals surface area contributed by atoms with Crippen molar-refractivity contribution in [3.63, 3.8) is 0 Å². The third-order valence-electron chi connectivity index (χ3n) is 3.93. The van der Waals surface area contributed by atoms with Gasteiger partial charge in [-0.1, -0.05) is 41.5 Å². The van der Waals surface area contributed by atoms with E-state index in [2.05, 4.69) is 4.98 Å². The Bertz CT molecular complexity index is 714. The molecular weight excluding hydrogens is 366 g/mol. The largest absolute Gasteiger partial charge is 0.463 e. The maximum Gasteiger partial charge on any atom is 0.351 e. The molecule has 0 amide bonds. The van der Waals surface area contributed by atoms with Gasteiger partial charge < -0.3 is 19.9 Å². The highest BCUT2D eigenvalue weighted by Gasteiger charge is 2.31. The van der Waals surface area contributed by atoms with Gasteiger partial charge in [0.1, 0.15) is 31.4 Å². The lowest BCUT2D eigenvalue weighted by Gasteiger charge is -2.30. The first-order valence-corrected chi connectivity index (χ1v) is 9.34. The highest BCUT2D eigenvalue weighted by atomic mass is 16.6. The predicted molar refractivity (Wildman–Crippen MR) is 103 cm³/mol. The molecule has 0 aromatic carbocycles. The molecule has 9 nitrogen and oxygen atoms in total. The first-order chi connectivity index (χ1) is 13.0. The van der Waals surface area contributed by atoms with Gasteiger partial charge in [0.15, 0.2) is 0 Å². The molecule has 1 aromatic rings. The first-order valence-electron chi connectivity index (χ1n) is 9.34. The number of esters is 2. The zero-order valence-corrected chi connectivity index (χ0v) is 17.4. The minimum atomic E-state index is -0.755. The molecule has 0 saturated carbocycles. The Balaban J connectivity index is 2.98. The van der Waals surface area contributed by atoms with E-state index in [1.165, 1.54) is 16.8 Å². The van der Waals surface area contributed by atoms with Gasteiger partial charge in [-0.05, 0) is 12.0 Å². The Morgan fingerprint density at radius 2 is 1.71 bits per heavy atom. The van der Waals surface area contributed by atoms with Gasteiger partial charge in [0.05, 0.1) is 11.8 Å². The maximum absolute atomic E-state index is 12.1. The molecule has 0 saturated heterocycles.